The summed E-state index contributed by atoms with van der Waals surface area (Å²) < 4.78 is 11.7. The lowest BCUT2D eigenvalue weighted by molar-refractivity contribution is -0.0921. The zero-order valence-corrected chi connectivity index (χ0v) is 12.6. The molecule has 0 heterocycles. The van der Waals surface area contributed by atoms with E-state index in [0.29, 0.717) is 5.92 Å². The molecule has 3 heteroatoms. The Morgan fingerprint density at radius 3 is 2.44 bits per heavy atom. The molecule has 1 aliphatic rings. The third kappa shape index (κ3) is 5.68. The molecule has 0 radical (unpaired) electrons. The molecule has 18 heavy (non-hydrogen) atoms. The second-order valence-electron chi connectivity index (χ2n) is 6.21. The first kappa shape index (κ1) is 15.9. The van der Waals surface area contributed by atoms with Crippen molar-refractivity contribution in [3.8, 4) is 0 Å². The van der Waals surface area contributed by atoms with Crippen LogP contribution in [-0.2, 0) is 9.47 Å². The van der Waals surface area contributed by atoms with Crippen LogP contribution in [0.2, 0.25) is 0 Å². The molecule has 108 valence electrons. The van der Waals surface area contributed by atoms with Crippen molar-refractivity contribution in [3.05, 3.63) is 0 Å². The van der Waals surface area contributed by atoms with Gasteiger partial charge in [0.1, 0.15) is 0 Å². The number of likely N-dealkylation sites (N-methyl/N-ethyl adjacent to an activating group) is 1. The molecule has 1 aliphatic carbocycles. The van der Waals surface area contributed by atoms with Crippen molar-refractivity contribution in [1.29, 1.82) is 0 Å². The molecular formula is C15H31NO2. The van der Waals surface area contributed by atoms with Gasteiger partial charge in [-0.05, 0) is 44.6 Å². The molecule has 0 aromatic carbocycles. The van der Waals surface area contributed by atoms with Crippen LogP contribution in [0.15, 0.2) is 0 Å². The van der Waals surface area contributed by atoms with Gasteiger partial charge in [0.05, 0.1) is 18.8 Å². The van der Waals surface area contributed by atoms with E-state index in [4.69, 9.17) is 9.47 Å². The summed E-state index contributed by atoms with van der Waals surface area (Å²) in [7, 11) is 2.01. The van der Waals surface area contributed by atoms with Gasteiger partial charge in [-0.2, -0.15) is 0 Å². The molecule has 0 amide bonds. The van der Waals surface area contributed by atoms with E-state index >= 15 is 0 Å². The zero-order valence-electron chi connectivity index (χ0n) is 12.6. The fourth-order valence-corrected chi connectivity index (χ4v) is 2.62. The Bertz CT molecular complexity index is 211. The van der Waals surface area contributed by atoms with E-state index in [1.54, 1.807) is 0 Å². The van der Waals surface area contributed by atoms with Crippen molar-refractivity contribution < 1.29 is 9.47 Å². The first-order chi connectivity index (χ1) is 8.58. The lowest BCUT2D eigenvalue weighted by atomic mass is 9.79. The van der Waals surface area contributed by atoms with Gasteiger partial charge >= 0.3 is 0 Å². The number of ether oxygens (including phenoxy) is 2. The van der Waals surface area contributed by atoms with Gasteiger partial charge in [-0.25, -0.2) is 0 Å². The molecule has 1 rings (SSSR count). The smallest absolute Gasteiger partial charge is 0.0807 e. The predicted octanol–water partition coefficient (Wildman–Crippen LogP) is 2.84. The Balaban J connectivity index is 2.25. The standard InChI is InChI=1S/C15H31NO2/c1-13(2)11-17-9-10-18-15(12-16-4)7-5-14(3)6-8-15/h13-14,16H,5-12H2,1-4H3. The van der Waals surface area contributed by atoms with E-state index < -0.39 is 0 Å². The van der Waals surface area contributed by atoms with Crippen LogP contribution in [0.3, 0.4) is 0 Å². The van der Waals surface area contributed by atoms with Crippen molar-refractivity contribution in [3.63, 3.8) is 0 Å². The molecule has 0 bridgehead atoms. The van der Waals surface area contributed by atoms with Crippen LogP contribution in [-0.4, -0.2) is 39.0 Å². The molecule has 1 saturated carbocycles. The second-order valence-corrected chi connectivity index (χ2v) is 6.21. The number of rotatable bonds is 8. The fraction of sp³-hybridized carbons (Fsp3) is 1.00. The van der Waals surface area contributed by atoms with Crippen LogP contribution in [0, 0.1) is 11.8 Å². The van der Waals surface area contributed by atoms with Crippen LogP contribution in [0.1, 0.15) is 46.5 Å². The first-order valence-corrected chi connectivity index (χ1v) is 7.44. The molecule has 1 N–H and O–H groups in total. The van der Waals surface area contributed by atoms with E-state index in [2.05, 4.69) is 26.1 Å². The lowest BCUT2D eigenvalue weighted by Crippen LogP contribution is -2.45. The Kier molecular flexibility index (Phi) is 7.20. The van der Waals surface area contributed by atoms with Crippen LogP contribution in [0.4, 0.5) is 0 Å². The minimum absolute atomic E-state index is 0.0580. The molecule has 0 aromatic heterocycles. The second kappa shape index (κ2) is 8.13. The van der Waals surface area contributed by atoms with E-state index in [1.165, 1.54) is 25.7 Å². The number of hydrogen-bond donors (Lipinski definition) is 1. The summed E-state index contributed by atoms with van der Waals surface area (Å²) >= 11 is 0. The third-order valence-corrected chi connectivity index (χ3v) is 3.77. The maximum atomic E-state index is 6.15. The van der Waals surface area contributed by atoms with Gasteiger partial charge < -0.3 is 14.8 Å². The Labute approximate surface area is 113 Å². The van der Waals surface area contributed by atoms with Crippen molar-refractivity contribution >= 4 is 0 Å². The van der Waals surface area contributed by atoms with Gasteiger partial charge in [-0.3, -0.25) is 0 Å². The molecule has 0 saturated heterocycles. The highest BCUT2D eigenvalue weighted by Gasteiger charge is 2.34. The van der Waals surface area contributed by atoms with Crippen LogP contribution < -0.4 is 5.32 Å². The molecule has 0 unspecified atom stereocenters. The van der Waals surface area contributed by atoms with Crippen molar-refractivity contribution in [2.75, 3.05) is 33.4 Å². The molecule has 3 nitrogen and oxygen atoms in total. The molecule has 0 aliphatic heterocycles. The highest BCUT2D eigenvalue weighted by atomic mass is 16.5. The highest BCUT2D eigenvalue weighted by Crippen LogP contribution is 2.34. The highest BCUT2D eigenvalue weighted by molar-refractivity contribution is 4.88. The van der Waals surface area contributed by atoms with E-state index in [9.17, 15) is 0 Å². The SMILES string of the molecule is CNCC1(OCCOCC(C)C)CCC(C)CC1. The van der Waals surface area contributed by atoms with E-state index in [-0.39, 0.29) is 5.60 Å². The van der Waals surface area contributed by atoms with Crippen molar-refractivity contribution in [2.24, 2.45) is 11.8 Å². The summed E-state index contributed by atoms with van der Waals surface area (Å²) in [5.74, 6) is 1.46. The summed E-state index contributed by atoms with van der Waals surface area (Å²) in [4.78, 5) is 0. The summed E-state index contributed by atoms with van der Waals surface area (Å²) in [5.41, 5.74) is 0.0580. The quantitative estimate of drug-likeness (QED) is 0.678. The van der Waals surface area contributed by atoms with Crippen LogP contribution in [0.25, 0.3) is 0 Å². The third-order valence-electron chi connectivity index (χ3n) is 3.77. The minimum atomic E-state index is 0.0580. The average molecular weight is 257 g/mol. The molecule has 0 spiro atoms. The summed E-state index contributed by atoms with van der Waals surface area (Å²) in [6.07, 6.45) is 4.93. The predicted molar refractivity (Wildman–Crippen MR) is 75.9 cm³/mol. The Hall–Kier alpha value is -0.120. The monoisotopic (exact) mass is 257 g/mol. The number of nitrogens with one attached hydrogen (secondary N) is 1. The van der Waals surface area contributed by atoms with Crippen LogP contribution >= 0.6 is 0 Å². The largest absolute Gasteiger partial charge is 0.379 e. The maximum Gasteiger partial charge on any atom is 0.0807 e. The normalized spacial score (nSPS) is 28.8. The van der Waals surface area contributed by atoms with Gasteiger partial charge in [-0.1, -0.05) is 20.8 Å². The first-order valence-electron chi connectivity index (χ1n) is 7.44. The zero-order chi connectivity index (χ0) is 13.4. The Morgan fingerprint density at radius 2 is 1.89 bits per heavy atom. The van der Waals surface area contributed by atoms with Gasteiger partial charge in [0.15, 0.2) is 0 Å². The van der Waals surface area contributed by atoms with Crippen LogP contribution in [0.5, 0.6) is 0 Å². The molecule has 1 fully saturated rings. The van der Waals surface area contributed by atoms with Crippen molar-refractivity contribution in [2.45, 2.75) is 52.1 Å². The summed E-state index contributed by atoms with van der Waals surface area (Å²) in [5, 5.41) is 3.29. The topological polar surface area (TPSA) is 30.5 Å². The minimum Gasteiger partial charge on any atom is -0.379 e. The molecule has 0 aromatic rings. The van der Waals surface area contributed by atoms with Gasteiger partial charge in [0.2, 0.25) is 0 Å². The van der Waals surface area contributed by atoms with Gasteiger partial charge in [0, 0.05) is 13.2 Å². The van der Waals surface area contributed by atoms with E-state index in [0.717, 1.165) is 32.3 Å². The Morgan fingerprint density at radius 1 is 1.22 bits per heavy atom. The maximum absolute atomic E-state index is 6.15. The molecule has 0 atom stereocenters. The van der Waals surface area contributed by atoms with Crippen molar-refractivity contribution in [1.82, 2.24) is 5.32 Å². The van der Waals surface area contributed by atoms with Gasteiger partial charge in [-0.15, -0.1) is 0 Å². The summed E-state index contributed by atoms with van der Waals surface area (Å²) in [6, 6.07) is 0. The van der Waals surface area contributed by atoms with E-state index in [1.807, 2.05) is 7.05 Å². The molecular weight excluding hydrogens is 226 g/mol. The lowest BCUT2D eigenvalue weighted by Gasteiger charge is -2.39. The fourth-order valence-electron chi connectivity index (χ4n) is 2.62. The van der Waals surface area contributed by atoms with Gasteiger partial charge in [0.25, 0.3) is 0 Å². The summed E-state index contributed by atoms with van der Waals surface area (Å²) in [6.45, 7) is 9.93. The average Bonchev–Trinajstić information content (AvgIpc) is 2.33. The number of hydrogen-bond acceptors (Lipinski definition) is 3.